The Balaban J connectivity index is 3.36. The van der Waals surface area contributed by atoms with E-state index in [-0.39, 0.29) is 5.56 Å². The number of carboxylic acids is 1. The van der Waals surface area contributed by atoms with E-state index in [1.54, 1.807) is 0 Å². The van der Waals surface area contributed by atoms with E-state index in [0.29, 0.717) is 10.4 Å². The molecule has 9 heteroatoms. The van der Waals surface area contributed by atoms with Gasteiger partial charge in [0, 0.05) is 7.05 Å². The third kappa shape index (κ3) is 3.28. The molecule has 0 saturated carbocycles. The zero-order chi connectivity index (χ0) is 15.7. The number of aromatic carboxylic acids is 1. The van der Waals surface area contributed by atoms with Crippen molar-refractivity contribution in [3.05, 3.63) is 29.1 Å². The molecule has 1 N–H and O–H groups in total. The van der Waals surface area contributed by atoms with Crippen molar-refractivity contribution in [1.82, 2.24) is 4.31 Å². The van der Waals surface area contributed by atoms with E-state index in [1.807, 2.05) is 0 Å². The molecule has 0 bridgehead atoms. The molecule has 0 aliphatic heterocycles. The molecule has 0 aliphatic carbocycles. The number of alkyl halides is 2. The van der Waals surface area contributed by atoms with Gasteiger partial charge in [-0.05, 0) is 24.6 Å². The van der Waals surface area contributed by atoms with Crippen LogP contribution in [0.2, 0.25) is 0 Å². The lowest BCUT2D eigenvalue weighted by Crippen LogP contribution is -2.31. The van der Waals surface area contributed by atoms with E-state index in [0.717, 1.165) is 13.1 Å². The number of hydrogen-bond acceptors (Lipinski definition) is 3. The fourth-order valence-corrected chi connectivity index (χ4v) is 2.77. The molecule has 0 amide bonds. The van der Waals surface area contributed by atoms with Crippen molar-refractivity contribution in [2.75, 3.05) is 13.6 Å². The molecule has 0 aliphatic rings. The summed E-state index contributed by atoms with van der Waals surface area (Å²) >= 11 is 0. The number of halogens is 3. The molecule has 1 rings (SSSR count). The predicted molar refractivity (Wildman–Crippen MR) is 63.9 cm³/mol. The number of benzene rings is 1. The van der Waals surface area contributed by atoms with Crippen LogP contribution in [0.4, 0.5) is 13.2 Å². The molecular weight excluding hydrogens is 299 g/mol. The lowest BCUT2D eigenvalue weighted by molar-refractivity contribution is 0.0691. The van der Waals surface area contributed by atoms with Crippen molar-refractivity contribution in [1.29, 1.82) is 0 Å². The highest BCUT2D eigenvalue weighted by Crippen LogP contribution is 2.22. The van der Waals surface area contributed by atoms with Gasteiger partial charge in [0.25, 0.3) is 6.43 Å². The lowest BCUT2D eigenvalue weighted by atomic mass is 10.1. The predicted octanol–water partition coefficient (Wildman–Crippen LogP) is 1.72. The van der Waals surface area contributed by atoms with E-state index in [9.17, 15) is 26.4 Å². The number of nitrogens with zero attached hydrogens (tertiary/aromatic N) is 1. The maximum atomic E-state index is 13.5. The molecule has 0 saturated heterocycles. The summed E-state index contributed by atoms with van der Waals surface area (Å²) in [5.74, 6) is -2.70. The maximum Gasteiger partial charge on any atom is 0.338 e. The zero-order valence-electron chi connectivity index (χ0n) is 10.6. The Hall–Kier alpha value is -1.61. The Bertz CT molecular complexity index is 631. The first-order chi connectivity index (χ1) is 9.07. The summed E-state index contributed by atoms with van der Waals surface area (Å²) in [5.41, 5.74) is -1.03. The van der Waals surface area contributed by atoms with Gasteiger partial charge in [0.1, 0.15) is 5.82 Å². The Kier molecular flexibility index (Phi) is 4.77. The zero-order valence-corrected chi connectivity index (χ0v) is 11.4. The van der Waals surface area contributed by atoms with Crippen LogP contribution in [-0.2, 0) is 10.0 Å². The third-order valence-electron chi connectivity index (χ3n) is 2.56. The standard InChI is InChI=1S/C11H12F3NO4S/c1-6-3-7(4-8(10(6)14)11(16)17)20(18,19)15(2)5-9(12)13/h3-4,9H,5H2,1-2H3,(H,16,17). The molecule has 0 heterocycles. The molecule has 0 fully saturated rings. The van der Waals surface area contributed by atoms with Crippen LogP contribution in [0.25, 0.3) is 0 Å². The van der Waals surface area contributed by atoms with Gasteiger partial charge < -0.3 is 5.11 Å². The molecule has 0 radical (unpaired) electrons. The van der Waals surface area contributed by atoms with Crippen molar-refractivity contribution in [3.63, 3.8) is 0 Å². The molecule has 0 atom stereocenters. The normalized spacial score (nSPS) is 12.2. The summed E-state index contributed by atoms with van der Waals surface area (Å²) in [6, 6.07) is 1.51. The molecule has 0 unspecified atom stereocenters. The van der Waals surface area contributed by atoms with Crippen LogP contribution >= 0.6 is 0 Å². The summed E-state index contributed by atoms with van der Waals surface area (Å²) in [7, 11) is -3.37. The highest BCUT2D eigenvalue weighted by atomic mass is 32.2. The molecule has 0 aromatic heterocycles. The molecule has 1 aromatic carbocycles. The first-order valence-corrected chi connectivity index (χ1v) is 6.79. The Morgan fingerprint density at radius 3 is 2.40 bits per heavy atom. The molecule has 0 spiro atoms. The Labute approximate surface area is 113 Å². The quantitative estimate of drug-likeness (QED) is 0.898. The second kappa shape index (κ2) is 5.80. The molecular formula is C11H12F3NO4S. The smallest absolute Gasteiger partial charge is 0.338 e. The summed E-state index contributed by atoms with van der Waals surface area (Å²) in [5, 5.41) is 8.80. The van der Waals surface area contributed by atoms with Crippen LogP contribution < -0.4 is 0 Å². The fraction of sp³-hybridized carbons (Fsp3) is 0.364. The summed E-state index contributed by atoms with van der Waals surface area (Å²) in [6.07, 6.45) is -2.88. The second-order valence-corrected chi connectivity index (χ2v) is 6.13. The average Bonchev–Trinajstić information content (AvgIpc) is 2.30. The van der Waals surface area contributed by atoms with Gasteiger partial charge in [0.2, 0.25) is 10.0 Å². The first kappa shape index (κ1) is 16.4. The van der Waals surface area contributed by atoms with E-state index < -0.39 is 45.2 Å². The molecule has 112 valence electrons. The Morgan fingerprint density at radius 2 is 1.95 bits per heavy atom. The van der Waals surface area contributed by atoms with E-state index >= 15 is 0 Å². The van der Waals surface area contributed by atoms with E-state index in [2.05, 4.69) is 0 Å². The van der Waals surface area contributed by atoms with Crippen molar-refractivity contribution < 1.29 is 31.5 Å². The summed E-state index contributed by atoms with van der Waals surface area (Å²) in [4.78, 5) is 10.3. The van der Waals surface area contributed by atoms with Gasteiger partial charge in [-0.15, -0.1) is 0 Å². The molecule has 5 nitrogen and oxygen atoms in total. The van der Waals surface area contributed by atoms with Gasteiger partial charge in [0.05, 0.1) is 17.0 Å². The maximum absolute atomic E-state index is 13.5. The minimum absolute atomic E-state index is 0.200. The summed E-state index contributed by atoms with van der Waals surface area (Å²) in [6.45, 7) is 0.148. The van der Waals surface area contributed by atoms with Gasteiger partial charge in [-0.3, -0.25) is 0 Å². The average molecular weight is 311 g/mol. The van der Waals surface area contributed by atoms with Crippen molar-refractivity contribution in [3.8, 4) is 0 Å². The number of carbonyl (C=O) groups is 1. The van der Waals surface area contributed by atoms with Gasteiger partial charge in [-0.2, -0.15) is 4.31 Å². The lowest BCUT2D eigenvalue weighted by Gasteiger charge is -2.17. The van der Waals surface area contributed by atoms with Crippen LogP contribution in [0.1, 0.15) is 15.9 Å². The minimum Gasteiger partial charge on any atom is -0.478 e. The third-order valence-corrected chi connectivity index (χ3v) is 4.36. The van der Waals surface area contributed by atoms with Gasteiger partial charge >= 0.3 is 5.97 Å². The molecule has 20 heavy (non-hydrogen) atoms. The van der Waals surface area contributed by atoms with Crippen molar-refractivity contribution in [2.24, 2.45) is 0 Å². The highest BCUT2D eigenvalue weighted by molar-refractivity contribution is 7.89. The SMILES string of the molecule is Cc1cc(S(=O)(=O)N(C)CC(F)F)cc(C(=O)O)c1F. The van der Waals surface area contributed by atoms with Gasteiger partial charge in [-0.25, -0.2) is 26.4 Å². The van der Waals surface area contributed by atoms with Crippen molar-refractivity contribution >= 4 is 16.0 Å². The number of hydrogen-bond donors (Lipinski definition) is 1. The summed E-state index contributed by atoms with van der Waals surface area (Å²) < 4.78 is 62.3. The Morgan fingerprint density at radius 1 is 1.40 bits per heavy atom. The minimum atomic E-state index is -4.31. The van der Waals surface area contributed by atoms with Crippen LogP contribution in [-0.4, -0.2) is 43.8 Å². The van der Waals surface area contributed by atoms with Crippen LogP contribution in [0.5, 0.6) is 0 Å². The number of rotatable bonds is 5. The van der Waals surface area contributed by atoms with Crippen molar-refractivity contribution in [2.45, 2.75) is 18.2 Å². The number of aryl methyl sites for hydroxylation is 1. The number of carboxylic acid groups (broad SMARTS) is 1. The fourth-order valence-electron chi connectivity index (χ4n) is 1.51. The molecule has 1 aromatic rings. The van der Waals surface area contributed by atoms with Crippen LogP contribution in [0.15, 0.2) is 17.0 Å². The van der Waals surface area contributed by atoms with E-state index in [4.69, 9.17) is 5.11 Å². The number of sulfonamides is 1. The first-order valence-electron chi connectivity index (χ1n) is 5.35. The largest absolute Gasteiger partial charge is 0.478 e. The topological polar surface area (TPSA) is 74.7 Å². The monoisotopic (exact) mass is 311 g/mol. The van der Waals surface area contributed by atoms with Crippen LogP contribution in [0.3, 0.4) is 0 Å². The van der Waals surface area contributed by atoms with Crippen LogP contribution in [0, 0.1) is 12.7 Å². The van der Waals surface area contributed by atoms with E-state index in [1.165, 1.54) is 6.92 Å². The van der Waals surface area contributed by atoms with Gasteiger partial charge in [-0.1, -0.05) is 0 Å². The highest BCUT2D eigenvalue weighted by Gasteiger charge is 2.26. The second-order valence-electron chi connectivity index (χ2n) is 4.08. The van der Waals surface area contributed by atoms with Gasteiger partial charge in [0.15, 0.2) is 0 Å².